The van der Waals surface area contributed by atoms with Gasteiger partial charge in [0, 0.05) is 10.5 Å². The molecular formula is C19H12N3O2+. The zero-order chi connectivity index (χ0) is 16.3. The number of carbonyl (C=O) groups is 1. The average Bonchev–Trinajstić information content (AvgIpc) is 2.87. The van der Waals surface area contributed by atoms with Crippen LogP contribution < -0.4 is 5.01 Å². The van der Waals surface area contributed by atoms with Gasteiger partial charge in [-0.05, 0) is 28.1 Å². The molecule has 0 aromatic heterocycles. The van der Waals surface area contributed by atoms with Crippen LogP contribution in [0.5, 0.6) is 0 Å². The number of fused-ring (bicyclic) bond motifs is 2. The summed E-state index contributed by atoms with van der Waals surface area (Å²) in [4.78, 5) is 14.3. The summed E-state index contributed by atoms with van der Waals surface area (Å²) in [6.45, 7) is 0. The van der Waals surface area contributed by atoms with Crippen LogP contribution in [0.4, 0.5) is 11.4 Å². The molecular weight excluding hydrogens is 302 g/mol. The van der Waals surface area contributed by atoms with Crippen LogP contribution in [0, 0.1) is 0 Å². The van der Waals surface area contributed by atoms with Crippen molar-refractivity contribution in [3.63, 3.8) is 0 Å². The summed E-state index contributed by atoms with van der Waals surface area (Å²) in [5, 5.41) is 18.4. The first-order valence-electron chi connectivity index (χ1n) is 7.62. The summed E-state index contributed by atoms with van der Waals surface area (Å²) >= 11 is 0. The molecule has 0 saturated heterocycles. The van der Waals surface area contributed by atoms with Crippen LogP contribution in [-0.4, -0.2) is 15.8 Å². The van der Waals surface area contributed by atoms with Crippen LogP contribution in [0.1, 0.15) is 5.56 Å². The van der Waals surface area contributed by atoms with E-state index in [1.165, 1.54) is 9.82 Å². The minimum absolute atomic E-state index is 0.155. The molecule has 2 aliphatic rings. The van der Waals surface area contributed by atoms with Gasteiger partial charge in [-0.3, -0.25) is 4.79 Å². The van der Waals surface area contributed by atoms with Gasteiger partial charge in [0.25, 0.3) is 0 Å². The number of rotatable bonds is 1. The lowest BCUT2D eigenvalue weighted by atomic mass is 10.0. The van der Waals surface area contributed by atoms with Gasteiger partial charge in [-0.1, -0.05) is 54.6 Å². The van der Waals surface area contributed by atoms with Gasteiger partial charge in [0.2, 0.25) is 0 Å². The van der Waals surface area contributed by atoms with Crippen molar-refractivity contribution in [2.75, 3.05) is 5.01 Å². The molecule has 3 aromatic rings. The number of hydrazine groups is 1. The van der Waals surface area contributed by atoms with Crippen molar-refractivity contribution in [1.82, 2.24) is 0 Å². The summed E-state index contributed by atoms with van der Waals surface area (Å²) in [7, 11) is 0. The van der Waals surface area contributed by atoms with Crippen LogP contribution >= 0.6 is 0 Å². The second-order valence-corrected chi connectivity index (χ2v) is 5.72. The Morgan fingerprint density at radius 3 is 2.46 bits per heavy atom. The molecule has 24 heavy (non-hydrogen) atoms. The molecule has 2 aliphatic heterocycles. The van der Waals surface area contributed by atoms with Gasteiger partial charge in [-0.25, -0.2) is 0 Å². The average molecular weight is 314 g/mol. The summed E-state index contributed by atoms with van der Waals surface area (Å²) in [5.74, 6) is -0.442. The van der Waals surface area contributed by atoms with E-state index in [0.717, 1.165) is 22.1 Å². The lowest BCUT2D eigenvalue weighted by Crippen LogP contribution is -2.34. The molecule has 5 heteroatoms. The number of hydrogen-bond acceptors (Lipinski definition) is 3. The van der Waals surface area contributed by atoms with E-state index in [2.05, 4.69) is 5.11 Å². The summed E-state index contributed by atoms with van der Waals surface area (Å²) in [6.07, 6.45) is 0. The summed E-state index contributed by atoms with van der Waals surface area (Å²) in [5.41, 5.74) is 2.37. The van der Waals surface area contributed by atoms with E-state index < -0.39 is 0 Å². The molecule has 0 radical (unpaired) electrons. The molecule has 1 N–H and O–H groups in total. The quantitative estimate of drug-likeness (QED) is 0.686. The first-order chi connectivity index (χ1) is 11.8. The largest absolute Gasteiger partial charge is 0.456 e. The van der Waals surface area contributed by atoms with Crippen molar-refractivity contribution >= 4 is 33.6 Å². The second kappa shape index (κ2) is 4.52. The highest BCUT2D eigenvalue weighted by Gasteiger charge is 2.50. The first kappa shape index (κ1) is 13.0. The molecule has 114 valence electrons. The SMILES string of the molecule is O=C1C(c2ccccc2)=C(O)[N+]2=Nc3cccc4cccc(c34)N12. The molecule has 3 aromatic carbocycles. The Bertz CT molecular complexity index is 1080. The molecule has 2 heterocycles. The smallest absolute Gasteiger partial charge is 0.436 e. The number of benzene rings is 3. The molecule has 0 fully saturated rings. The molecule has 5 nitrogen and oxygen atoms in total. The predicted molar refractivity (Wildman–Crippen MR) is 89.8 cm³/mol. The maximum absolute atomic E-state index is 13.0. The van der Waals surface area contributed by atoms with Crippen LogP contribution in [0.2, 0.25) is 0 Å². The van der Waals surface area contributed by atoms with Gasteiger partial charge in [0.15, 0.2) is 5.57 Å². The highest BCUT2D eigenvalue weighted by Crippen LogP contribution is 2.43. The summed E-state index contributed by atoms with van der Waals surface area (Å²) in [6, 6.07) is 20.7. The standard InChI is InChI=1S/C19H11N3O2/c23-18-17(13-6-2-1-3-7-13)19(24)22-20-14-10-4-8-12-9-5-11-15(16(12)14)21(18)22/h1-11H/p+1. The maximum Gasteiger partial charge on any atom is 0.436 e. The molecule has 0 aliphatic carbocycles. The monoisotopic (exact) mass is 314 g/mol. The van der Waals surface area contributed by atoms with E-state index in [-0.39, 0.29) is 17.4 Å². The van der Waals surface area contributed by atoms with Crippen molar-refractivity contribution < 1.29 is 14.7 Å². The van der Waals surface area contributed by atoms with E-state index in [9.17, 15) is 9.90 Å². The maximum atomic E-state index is 13.0. The molecule has 5 rings (SSSR count). The van der Waals surface area contributed by atoms with Gasteiger partial charge in [0.1, 0.15) is 11.4 Å². The van der Waals surface area contributed by atoms with E-state index in [1.807, 2.05) is 54.6 Å². The Hall–Kier alpha value is -3.47. The zero-order valence-corrected chi connectivity index (χ0v) is 12.5. The minimum atomic E-state index is -0.288. The van der Waals surface area contributed by atoms with E-state index in [1.54, 1.807) is 12.1 Å². The third-order valence-corrected chi connectivity index (χ3v) is 4.36. The number of carbonyl (C=O) groups excluding carboxylic acids is 1. The van der Waals surface area contributed by atoms with Crippen molar-refractivity contribution in [3.05, 3.63) is 78.2 Å². The number of hydrogen-bond donors (Lipinski definition) is 1. The molecule has 0 saturated carbocycles. The molecule has 0 bridgehead atoms. The minimum Gasteiger partial charge on any atom is -0.456 e. The van der Waals surface area contributed by atoms with E-state index >= 15 is 0 Å². The lowest BCUT2D eigenvalue weighted by Gasteiger charge is -2.16. The Morgan fingerprint density at radius 1 is 0.917 bits per heavy atom. The van der Waals surface area contributed by atoms with Crippen LogP contribution in [-0.2, 0) is 4.79 Å². The third kappa shape index (κ3) is 1.55. The van der Waals surface area contributed by atoms with Crippen molar-refractivity contribution in [1.29, 1.82) is 0 Å². The fourth-order valence-corrected chi connectivity index (χ4v) is 3.31. The number of amides is 1. The Morgan fingerprint density at radius 2 is 1.67 bits per heavy atom. The highest BCUT2D eigenvalue weighted by atomic mass is 16.3. The molecule has 1 amide bonds. The van der Waals surface area contributed by atoms with Crippen LogP contribution in [0.3, 0.4) is 0 Å². The zero-order valence-electron chi connectivity index (χ0n) is 12.5. The van der Waals surface area contributed by atoms with Gasteiger partial charge in [-0.15, -0.1) is 0 Å². The molecule has 0 spiro atoms. The highest BCUT2D eigenvalue weighted by molar-refractivity contribution is 6.28. The van der Waals surface area contributed by atoms with Gasteiger partial charge in [-0.2, -0.15) is 0 Å². The fraction of sp³-hybridized carbons (Fsp3) is 0. The van der Waals surface area contributed by atoms with Crippen LogP contribution in [0.25, 0.3) is 16.3 Å². The Kier molecular flexibility index (Phi) is 2.45. The Labute approximate surface area is 137 Å². The van der Waals surface area contributed by atoms with Crippen LogP contribution in [0.15, 0.2) is 77.7 Å². The predicted octanol–water partition coefficient (Wildman–Crippen LogP) is 4.14. The van der Waals surface area contributed by atoms with E-state index in [0.29, 0.717) is 5.56 Å². The normalized spacial score (nSPS) is 15.8. The second-order valence-electron chi connectivity index (χ2n) is 5.72. The Balaban J connectivity index is 1.80. The fourth-order valence-electron chi connectivity index (χ4n) is 3.31. The lowest BCUT2D eigenvalue weighted by molar-refractivity contribution is -0.564. The van der Waals surface area contributed by atoms with Gasteiger partial charge < -0.3 is 5.11 Å². The third-order valence-electron chi connectivity index (χ3n) is 4.36. The number of azo groups is 1. The van der Waals surface area contributed by atoms with Gasteiger partial charge in [0.05, 0.1) is 4.81 Å². The molecule has 0 atom stereocenters. The van der Waals surface area contributed by atoms with Crippen molar-refractivity contribution in [3.8, 4) is 0 Å². The number of anilines is 1. The summed E-state index contributed by atoms with van der Waals surface area (Å²) < 4.78 is 0. The van der Waals surface area contributed by atoms with E-state index in [4.69, 9.17) is 0 Å². The number of aliphatic hydroxyl groups excluding tert-OH is 1. The number of aliphatic hydroxyl groups is 1. The van der Waals surface area contributed by atoms with Crippen molar-refractivity contribution in [2.45, 2.75) is 0 Å². The molecule has 0 unspecified atom stereocenters. The van der Waals surface area contributed by atoms with Gasteiger partial charge >= 0.3 is 11.8 Å². The topological polar surface area (TPSA) is 55.9 Å². The van der Waals surface area contributed by atoms with Crippen molar-refractivity contribution in [2.24, 2.45) is 5.11 Å². The first-order valence-corrected chi connectivity index (χ1v) is 7.62. The number of nitrogens with zero attached hydrogens (tertiary/aromatic N) is 3.